The first-order chi connectivity index (χ1) is 13.4. The summed E-state index contributed by atoms with van der Waals surface area (Å²) in [6.45, 7) is 7.70. The van der Waals surface area contributed by atoms with Crippen LogP contribution in [0.15, 0.2) is 59.5 Å². The molecule has 1 atom stereocenters. The van der Waals surface area contributed by atoms with E-state index in [-0.39, 0.29) is 16.4 Å². The summed E-state index contributed by atoms with van der Waals surface area (Å²) in [4.78, 5) is 27.2. The maximum Gasteiger partial charge on any atom is 0.338 e. The van der Waals surface area contributed by atoms with Gasteiger partial charge in [-0.25, -0.2) is 13.2 Å². The molecule has 0 heterocycles. The van der Waals surface area contributed by atoms with E-state index in [4.69, 9.17) is 4.74 Å². The summed E-state index contributed by atoms with van der Waals surface area (Å²) >= 11 is 0. The first-order valence-electron chi connectivity index (χ1n) is 9.26. The number of benzene rings is 2. The number of carbonyl (C=O) groups excluding carboxylic acids is 2. The highest BCUT2D eigenvalue weighted by Gasteiger charge is 2.32. The van der Waals surface area contributed by atoms with Gasteiger partial charge in [-0.05, 0) is 57.5 Å². The summed E-state index contributed by atoms with van der Waals surface area (Å²) in [5.74, 6) is -0.984. The largest absolute Gasteiger partial charge is 0.449 e. The molecule has 0 saturated heterocycles. The van der Waals surface area contributed by atoms with E-state index < -0.39 is 27.4 Å². The molecule has 2 aromatic rings. The van der Waals surface area contributed by atoms with Gasteiger partial charge in [0.15, 0.2) is 15.9 Å². The van der Waals surface area contributed by atoms with Gasteiger partial charge < -0.3 is 9.64 Å². The molecular weight excluding hydrogens is 390 g/mol. The van der Waals surface area contributed by atoms with Gasteiger partial charge in [0.1, 0.15) is 0 Å². The average Bonchev–Trinajstić information content (AvgIpc) is 2.65. The number of carbonyl (C=O) groups is 2. The predicted octanol–water partition coefficient (Wildman–Crippen LogP) is 3.46. The van der Waals surface area contributed by atoms with Crippen molar-refractivity contribution < 1.29 is 22.7 Å². The topological polar surface area (TPSA) is 80.8 Å². The van der Waals surface area contributed by atoms with Gasteiger partial charge in [0, 0.05) is 18.3 Å². The zero-order valence-corrected chi connectivity index (χ0v) is 18.2. The molecule has 0 fully saturated rings. The minimum Gasteiger partial charge on any atom is -0.449 e. The van der Waals surface area contributed by atoms with Gasteiger partial charge in [-0.3, -0.25) is 4.79 Å². The van der Waals surface area contributed by atoms with Gasteiger partial charge in [0.05, 0.1) is 10.5 Å². The summed E-state index contributed by atoms with van der Waals surface area (Å²) in [6.07, 6.45) is 0.106. The van der Waals surface area contributed by atoms with E-state index in [1.165, 1.54) is 31.2 Å². The number of nitrogens with zero attached hydrogens (tertiary/aromatic N) is 1. The third-order valence-electron chi connectivity index (χ3n) is 4.41. The van der Waals surface area contributed by atoms with E-state index in [0.717, 1.165) is 11.8 Å². The van der Waals surface area contributed by atoms with E-state index in [1.54, 1.807) is 4.90 Å². The molecule has 0 aliphatic carbocycles. The van der Waals surface area contributed by atoms with E-state index in [1.807, 2.05) is 51.1 Å². The lowest BCUT2D eigenvalue weighted by atomic mass is 10.0. The Morgan fingerprint density at radius 2 is 1.55 bits per heavy atom. The van der Waals surface area contributed by atoms with Crippen LogP contribution in [-0.4, -0.2) is 43.1 Å². The number of esters is 1. The first-order valence-corrected chi connectivity index (χ1v) is 11.2. The molecule has 0 radical (unpaired) electrons. The zero-order valence-electron chi connectivity index (χ0n) is 17.4. The van der Waals surface area contributed by atoms with Gasteiger partial charge >= 0.3 is 5.97 Å². The number of hydrogen-bond donors (Lipinski definition) is 0. The number of rotatable bonds is 6. The van der Waals surface area contributed by atoms with Gasteiger partial charge in [0.2, 0.25) is 0 Å². The lowest BCUT2D eigenvalue weighted by Gasteiger charge is -2.37. The Kier molecular flexibility index (Phi) is 6.85. The van der Waals surface area contributed by atoms with Crippen LogP contribution in [-0.2, 0) is 25.9 Å². The molecule has 0 unspecified atom stereocenters. The Balaban J connectivity index is 2.13. The Hall–Kier alpha value is -2.67. The number of ether oxygens (including phenoxy) is 1. The van der Waals surface area contributed by atoms with Crippen LogP contribution in [0.4, 0.5) is 0 Å². The van der Waals surface area contributed by atoms with Crippen LogP contribution in [0.5, 0.6) is 0 Å². The minimum atomic E-state index is -3.35. The molecule has 1 amide bonds. The fraction of sp³-hybridized carbons (Fsp3) is 0.364. The molecule has 156 valence electrons. The molecule has 0 spiro atoms. The summed E-state index contributed by atoms with van der Waals surface area (Å²) in [5.41, 5.74) is 0.693. The fourth-order valence-electron chi connectivity index (χ4n) is 2.75. The Labute approximate surface area is 172 Å². The molecule has 0 aromatic heterocycles. The molecule has 6 nitrogen and oxygen atoms in total. The second-order valence-corrected chi connectivity index (χ2v) is 9.94. The molecule has 0 saturated carbocycles. The lowest BCUT2D eigenvalue weighted by molar-refractivity contribution is -0.145. The van der Waals surface area contributed by atoms with Crippen LogP contribution >= 0.6 is 0 Å². The van der Waals surface area contributed by atoms with Crippen molar-refractivity contribution in [1.29, 1.82) is 0 Å². The van der Waals surface area contributed by atoms with E-state index in [0.29, 0.717) is 6.54 Å². The Bertz CT molecular complexity index is 961. The van der Waals surface area contributed by atoms with Gasteiger partial charge in [0.25, 0.3) is 5.91 Å². The molecule has 2 aromatic carbocycles. The van der Waals surface area contributed by atoms with Crippen molar-refractivity contribution in [2.75, 3.05) is 6.26 Å². The first kappa shape index (κ1) is 22.6. The lowest BCUT2D eigenvalue weighted by Crippen LogP contribution is -2.49. The molecule has 2 rings (SSSR count). The molecule has 29 heavy (non-hydrogen) atoms. The van der Waals surface area contributed by atoms with Crippen molar-refractivity contribution in [3.8, 4) is 0 Å². The molecule has 0 aliphatic heterocycles. The van der Waals surface area contributed by atoms with E-state index >= 15 is 0 Å². The molecule has 0 bridgehead atoms. The summed E-state index contributed by atoms with van der Waals surface area (Å²) in [6, 6.07) is 15.0. The van der Waals surface area contributed by atoms with Crippen LogP contribution < -0.4 is 0 Å². The van der Waals surface area contributed by atoms with Gasteiger partial charge in [-0.1, -0.05) is 30.3 Å². The number of hydrogen-bond acceptors (Lipinski definition) is 5. The fourth-order valence-corrected chi connectivity index (χ4v) is 3.38. The minimum absolute atomic E-state index is 0.111. The second kappa shape index (κ2) is 8.78. The van der Waals surface area contributed by atoms with E-state index in [2.05, 4.69) is 0 Å². The number of amides is 1. The van der Waals surface area contributed by atoms with Crippen molar-refractivity contribution >= 4 is 21.7 Å². The van der Waals surface area contributed by atoms with Crippen molar-refractivity contribution in [1.82, 2.24) is 4.90 Å². The Morgan fingerprint density at radius 1 is 1.00 bits per heavy atom. The molecule has 0 N–H and O–H groups in total. The van der Waals surface area contributed by atoms with Crippen LogP contribution in [0, 0.1) is 0 Å². The number of sulfone groups is 1. The van der Waals surface area contributed by atoms with Crippen molar-refractivity contribution in [2.24, 2.45) is 0 Å². The smallest absolute Gasteiger partial charge is 0.338 e. The highest BCUT2D eigenvalue weighted by Crippen LogP contribution is 2.20. The van der Waals surface area contributed by atoms with Crippen LogP contribution in [0.1, 0.15) is 43.6 Å². The van der Waals surface area contributed by atoms with Crippen molar-refractivity contribution in [3.05, 3.63) is 65.7 Å². The normalized spacial score (nSPS) is 12.9. The Morgan fingerprint density at radius 3 is 2.03 bits per heavy atom. The van der Waals surface area contributed by atoms with Crippen molar-refractivity contribution in [2.45, 2.75) is 50.8 Å². The third kappa shape index (κ3) is 6.15. The van der Waals surface area contributed by atoms with Gasteiger partial charge in [-0.2, -0.15) is 0 Å². The highest BCUT2D eigenvalue weighted by molar-refractivity contribution is 7.90. The predicted molar refractivity (Wildman–Crippen MR) is 111 cm³/mol. The quantitative estimate of drug-likeness (QED) is 0.673. The SMILES string of the molecule is C[C@@H](OC(=O)c1ccc(S(C)(=O)=O)cc1)C(=O)N(Cc1ccccc1)C(C)(C)C. The second-order valence-electron chi connectivity index (χ2n) is 7.92. The summed E-state index contributed by atoms with van der Waals surface area (Å²) in [7, 11) is -3.35. The standard InChI is InChI=1S/C22H27NO5S/c1-16(28-21(25)18-11-13-19(14-12-18)29(5,26)27)20(24)23(22(2,3)4)15-17-9-7-6-8-10-17/h6-14,16H,15H2,1-5H3/t16-/m1/s1. The van der Waals surface area contributed by atoms with Crippen LogP contribution in [0.3, 0.4) is 0 Å². The maximum absolute atomic E-state index is 13.0. The molecule has 7 heteroatoms. The van der Waals surface area contributed by atoms with Crippen molar-refractivity contribution in [3.63, 3.8) is 0 Å². The zero-order chi connectivity index (χ0) is 21.8. The van der Waals surface area contributed by atoms with Gasteiger partial charge in [-0.15, -0.1) is 0 Å². The van der Waals surface area contributed by atoms with Crippen LogP contribution in [0.2, 0.25) is 0 Å². The summed E-state index contributed by atoms with van der Waals surface area (Å²) < 4.78 is 28.4. The monoisotopic (exact) mass is 417 g/mol. The maximum atomic E-state index is 13.0. The average molecular weight is 418 g/mol. The van der Waals surface area contributed by atoms with Crippen LogP contribution in [0.25, 0.3) is 0 Å². The summed E-state index contributed by atoms with van der Waals surface area (Å²) in [5, 5.41) is 0. The molecule has 0 aliphatic rings. The third-order valence-corrected chi connectivity index (χ3v) is 5.54. The highest BCUT2D eigenvalue weighted by atomic mass is 32.2. The molecular formula is C22H27NO5S. The van der Waals surface area contributed by atoms with E-state index in [9.17, 15) is 18.0 Å².